The Morgan fingerprint density at radius 1 is 1.33 bits per heavy atom. The first kappa shape index (κ1) is 18.2. The second-order valence-electron chi connectivity index (χ2n) is 2.77. The molecule has 102 valence electrons. The number of urea groups is 1. The maximum absolute atomic E-state index is 10.4. The Balaban J connectivity index is 0. The minimum absolute atomic E-state index is 0.124. The molecule has 0 atom stereocenters. The standard InChI is InChI=1S/C6H8O3.C3H4N2O2.C2H6/c1-2-3-5(7)4-6(8)9;6-2-1-4-3(7)5-2;1-2/h2-3H,4H2,1H3,(H,8,9);1H2,(H2,4,5,6,7);1-2H3/b3-2+;;. The largest absolute Gasteiger partial charge is 0.481 e. The molecule has 3 N–H and O–H groups in total. The molecule has 1 fully saturated rings. The van der Waals surface area contributed by atoms with Gasteiger partial charge in [0.2, 0.25) is 5.91 Å². The van der Waals surface area contributed by atoms with E-state index in [4.69, 9.17) is 5.11 Å². The number of allylic oxidation sites excluding steroid dienone is 2. The lowest BCUT2D eigenvalue weighted by Gasteiger charge is -1.84. The highest BCUT2D eigenvalue weighted by atomic mass is 16.4. The van der Waals surface area contributed by atoms with E-state index in [1.54, 1.807) is 6.92 Å². The van der Waals surface area contributed by atoms with Crippen molar-refractivity contribution in [2.45, 2.75) is 27.2 Å². The maximum Gasteiger partial charge on any atom is 0.321 e. The molecule has 1 aliphatic heterocycles. The van der Waals surface area contributed by atoms with Gasteiger partial charge in [0.1, 0.15) is 6.42 Å². The minimum atomic E-state index is -1.09. The molecule has 0 unspecified atom stereocenters. The second-order valence-corrected chi connectivity index (χ2v) is 2.77. The van der Waals surface area contributed by atoms with Crippen LogP contribution in [-0.2, 0) is 14.4 Å². The van der Waals surface area contributed by atoms with Crippen molar-refractivity contribution in [3.8, 4) is 0 Å². The number of carboxylic acid groups (broad SMARTS) is 1. The van der Waals surface area contributed by atoms with Crippen LogP contribution in [0.1, 0.15) is 27.2 Å². The molecular weight excluding hydrogens is 240 g/mol. The average molecular weight is 258 g/mol. The number of hydrogen-bond acceptors (Lipinski definition) is 4. The summed E-state index contributed by atoms with van der Waals surface area (Å²) in [4.78, 5) is 40.3. The second kappa shape index (κ2) is 11.3. The van der Waals surface area contributed by atoms with E-state index in [0.717, 1.165) is 0 Å². The summed E-state index contributed by atoms with van der Waals surface area (Å²) in [6, 6.07) is -0.398. The van der Waals surface area contributed by atoms with Crippen molar-refractivity contribution in [1.29, 1.82) is 0 Å². The first-order valence-electron chi connectivity index (χ1n) is 5.40. The van der Waals surface area contributed by atoms with Crippen molar-refractivity contribution in [3.05, 3.63) is 12.2 Å². The molecule has 0 saturated carbocycles. The number of carbonyl (C=O) groups excluding carboxylic acids is 3. The third-order valence-electron chi connectivity index (χ3n) is 1.34. The Hall–Kier alpha value is -2.18. The summed E-state index contributed by atoms with van der Waals surface area (Å²) in [5, 5.41) is 12.4. The van der Waals surface area contributed by atoms with Crippen molar-refractivity contribution in [2.75, 3.05) is 6.54 Å². The topological polar surface area (TPSA) is 113 Å². The van der Waals surface area contributed by atoms with E-state index in [2.05, 4.69) is 5.32 Å². The van der Waals surface area contributed by atoms with E-state index in [1.165, 1.54) is 12.2 Å². The SMILES string of the molecule is C/C=C/C(=O)CC(=O)O.CC.O=C1CNC(=O)N1. The molecule has 7 heteroatoms. The van der Waals surface area contributed by atoms with Gasteiger partial charge in [0.25, 0.3) is 0 Å². The quantitative estimate of drug-likeness (QED) is 0.386. The molecule has 0 aliphatic carbocycles. The van der Waals surface area contributed by atoms with Crippen molar-refractivity contribution >= 4 is 23.7 Å². The number of nitrogens with one attached hydrogen (secondary N) is 2. The summed E-state index contributed by atoms with van der Waals surface area (Å²) in [5.74, 6) is -1.71. The molecule has 0 aromatic rings. The van der Waals surface area contributed by atoms with E-state index in [9.17, 15) is 19.2 Å². The fourth-order valence-corrected chi connectivity index (χ4v) is 0.769. The van der Waals surface area contributed by atoms with E-state index in [1.807, 2.05) is 19.2 Å². The number of amides is 3. The molecule has 0 aromatic carbocycles. The molecule has 1 heterocycles. The number of hydrogen-bond donors (Lipinski definition) is 3. The van der Waals surface area contributed by atoms with Crippen LogP contribution in [0.15, 0.2) is 12.2 Å². The molecule has 0 aromatic heterocycles. The minimum Gasteiger partial charge on any atom is -0.481 e. The summed E-state index contributed by atoms with van der Waals surface area (Å²) in [6.07, 6.45) is 2.35. The summed E-state index contributed by atoms with van der Waals surface area (Å²) in [7, 11) is 0. The van der Waals surface area contributed by atoms with Crippen LogP contribution in [0.4, 0.5) is 4.79 Å². The fourth-order valence-electron chi connectivity index (χ4n) is 0.769. The first-order valence-corrected chi connectivity index (χ1v) is 5.40. The number of rotatable bonds is 3. The Morgan fingerprint density at radius 2 is 1.89 bits per heavy atom. The molecule has 1 aliphatic rings. The number of aliphatic carboxylic acids is 1. The van der Waals surface area contributed by atoms with Crippen molar-refractivity contribution in [1.82, 2.24) is 10.6 Å². The summed E-state index contributed by atoms with van der Waals surface area (Å²) >= 11 is 0. The van der Waals surface area contributed by atoms with Gasteiger partial charge in [0.15, 0.2) is 5.78 Å². The Labute approximate surface area is 105 Å². The van der Waals surface area contributed by atoms with Gasteiger partial charge in [-0.1, -0.05) is 19.9 Å². The molecule has 0 bridgehead atoms. The van der Waals surface area contributed by atoms with Gasteiger partial charge in [0.05, 0.1) is 6.54 Å². The zero-order chi connectivity index (χ0) is 14.6. The molecular formula is C11H18N2O5. The lowest BCUT2D eigenvalue weighted by atomic mass is 10.3. The number of ketones is 1. The van der Waals surface area contributed by atoms with Crippen molar-refractivity contribution < 1.29 is 24.3 Å². The number of carboxylic acids is 1. The van der Waals surface area contributed by atoms with E-state index >= 15 is 0 Å². The molecule has 1 rings (SSSR count). The van der Waals surface area contributed by atoms with Crippen LogP contribution in [0.3, 0.4) is 0 Å². The molecule has 0 spiro atoms. The van der Waals surface area contributed by atoms with Crippen LogP contribution in [-0.4, -0.2) is 35.3 Å². The van der Waals surface area contributed by atoms with Gasteiger partial charge in [-0.2, -0.15) is 0 Å². The highest BCUT2D eigenvalue weighted by Crippen LogP contribution is 1.84. The maximum atomic E-state index is 10.4. The monoisotopic (exact) mass is 258 g/mol. The number of imide groups is 1. The summed E-state index contributed by atoms with van der Waals surface area (Å²) < 4.78 is 0. The third-order valence-corrected chi connectivity index (χ3v) is 1.34. The van der Waals surface area contributed by atoms with E-state index in [0.29, 0.717) is 0 Å². The highest BCUT2D eigenvalue weighted by molar-refractivity contribution is 6.02. The van der Waals surface area contributed by atoms with Gasteiger partial charge in [-0.3, -0.25) is 19.7 Å². The van der Waals surface area contributed by atoms with E-state index in [-0.39, 0.29) is 18.2 Å². The fraction of sp³-hybridized carbons (Fsp3) is 0.455. The van der Waals surface area contributed by atoms with Gasteiger partial charge in [-0.15, -0.1) is 0 Å². The van der Waals surface area contributed by atoms with Crippen LogP contribution >= 0.6 is 0 Å². The predicted octanol–water partition coefficient (Wildman–Crippen LogP) is 0.458. The van der Waals surface area contributed by atoms with Gasteiger partial charge in [0, 0.05) is 0 Å². The zero-order valence-electron chi connectivity index (χ0n) is 10.6. The van der Waals surface area contributed by atoms with Gasteiger partial charge in [-0.05, 0) is 13.0 Å². The Kier molecular flexibility index (Phi) is 11.4. The summed E-state index contributed by atoms with van der Waals surface area (Å²) in [6.45, 7) is 5.79. The van der Waals surface area contributed by atoms with Crippen LogP contribution < -0.4 is 10.6 Å². The Bertz CT molecular complexity index is 322. The lowest BCUT2D eigenvalue weighted by molar-refractivity contribution is -0.139. The van der Waals surface area contributed by atoms with Gasteiger partial charge < -0.3 is 10.4 Å². The molecule has 1 saturated heterocycles. The molecule has 7 nitrogen and oxygen atoms in total. The smallest absolute Gasteiger partial charge is 0.321 e. The van der Waals surface area contributed by atoms with E-state index < -0.39 is 18.4 Å². The van der Waals surface area contributed by atoms with Crippen molar-refractivity contribution in [2.24, 2.45) is 0 Å². The van der Waals surface area contributed by atoms with Crippen LogP contribution in [0.25, 0.3) is 0 Å². The lowest BCUT2D eigenvalue weighted by Crippen LogP contribution is -2.22. The van der Waals surface area contributed by atoms with Crippen molar-refractivity contribution in [3.63, 3.8) is 0 Å². The first-order chi connectivity index (χ1) is 8.45. The Morgan fingerprint density at radius 3 is 2.11 bits per heavy atom. The van der Waals surface area contributed by atoms with Crippen LogP contribution in [0.2, 0.25) is 0 Å². The number of carbonyl (C=O) groups is 4. The third kappa shape index (κ3) is 11.9. The van der Waals surface area contributed by atoms with Gasteiger partial charge >= 0.3 is 12.0 Å². The molecule has 0 radical (unpaired) electrons. The van der Waals surface area contributed by atoms with Crippen LogP contribution in [0.5, 0.6) is 0 Å². The predicted molar refractivity (Wildman–Crippen MR) is 65.0 cm³/mol. The normalized spacial score (nSPS) is 12.6. The molecule has 3 amide bonds. The zero-order valence-corrected chi connectivity index (χ0v) is 10.6. The average Bonchev–Trinajstić information content (AvgIpc) is 2.65. The highest BCUT2D eigenvalue weighted by Gasteiger charge is 2.14. The molecule has 18 heavy (non-hydrogen) atoms. The van der Waals surface area contributed by atoms with Crippen LogP contribution in [0, 0.1) is 0 Å². The summed E-state index contributed by atoms with van der Waals surface area (Å²) in [5.41, 5.74) is 0. The van der Waals surface area contributed by atoms with Gasteiger partial charge in [-0.25, -0.2) is 4.79 Å².